The number of benzene rings is 2. The molecule has 126 valence electrons. The molecule has 4 rings (SSSR count). The van der Waals surface area contributed by atoms with Crippen LogP contribution in [0.25, 0.3) is 22.2 Å². The van der Waals surface area contributed by atoms with Gasteiger partial charge in [-0.05, 0) is 54.3 Å². The second kappa shape index (κ2) is 6.70. The number of nitrogens with zero attached hydrogens (tertiary/aromatic N) is 3. The van der Waals surface area contributed by atoms with Gasteiger partial charge in [-0.25, -0.2) is 4.98 Å². The van der Waals surface area contributed by atoms with E-state index in [1.165, 1.54) is 19.5 Å². The Morgan fingerprint density at radius 1 is 1.20 bits per heavy atom. The fourth-order valence-corrected chi connectivity index (χ4v) is 3.48. The van der Waals surface area contributed by atoms with Crippen molar-refractivity contribution in [3.8, 4) is 17.2 Å². The number of aromatic nitrogens is 1. The fraction of sp³-hybridized carbons (Fsp3) is 0.333. The van der Waals surface area contributed by atoms with Crippen LogP contribution in [0.5, 0.6) is 0 Å². The molecule has 0 aliphatic carbocycles. The van der Waals surface area contributed by atoms with E-state index >= 15 is 0 Å². The van der Waals surface area contributed by atoms with Crippen LogP contribution in [0, 0.1) is 17.2 Å². The minimum absolute atomic E-state index is 0.671. The Kier molecular flexibility index (Phi) is 4.25. The molecule has 0 saturated carbocycles. The van der Waals surface area contributed by atoms with Crippen molar-refractivity contribution in [1.82, 2.24) is 9.88 Å². The van der Waals surface area contributed by atoms with E-state index in [-0.39, 0.29) is 0 Å². The zero-order chi connectivity index (χ0) is 17.2. The van der Waals surface area contributed by atoms with Crippen molar-refractivity contribution < 1.29 is 4.42 Å². The molecule has 0 amide bonds. The lowest BCUT2D eigenvalue weighted by molar-refractivity contribution is 0.320. The monoisotopic (exact) mass is 331 g/mol. The third-order valence-corrected chi connectivity index (χ3v) is 4.93. The van der Waals surface area contributed by atoms with Gasteiger partial charge in [0.2, 0.25) is 0 Å². The molecule has 2 aromatic carbocycles. The molecular formula is C21H21N3O. The van der Waals surface area contributed by atoms with Crippen molar-refractivity contribution >= 4 is 11.1 Å². The van der Waals surface area contributed by atoms with Gasteiger partial charge in [0.05, 0.1) is 11.6 Å². The first-order valence-corrected chi connectivity index (χ1v) is 8.83. The van der Waals surface area contributed by atoms with E-state index in [4.69, 9.17) is 9.68 Å². The molecule has 1 aliphatic rings. The molecule has 25 heavy (non-hydrogen) atoms. The summed E-state index contributed by atoms with van der Waals surface area (Å²) in [5.74, 6) is 1.62. The van der Waals surface area contributed by atoms with Crippen molar-refractivity contribution in [2.24, 2.45) is 5.92 Å². The van der Waals surface area contributed by atoms with Gasteiger partial charge < -0.3 is 9.32 Å². The Morgan fingerprint density at radius 3 is 2.72 bits per heavy atom. The van der Waals surface area contributed by atoms with Crippen molar-refractivity contribution in [2.75, 3.05) is 19.6 Å². The lowest BCUT2D eigenvalue weighted by Gasteiger charge is -2.13. The van der Waals surface area contributed by atoms with Crippen LogP contribution >= 0.6 is 0 Å². The number of rotatable bonds is 4. The Balaban J connectivity index is 1.51. The summed E-state index contributed by atoms with van der Waals surface area (Å²) in [7, 11) is 0. The highest BCUT2D eigenvalue weighted by Crippen LogP contribution is 2.25. The van der Waals surface area contributed by atoms with Gasteiger partial charge in [0.15, 0.2) is 11.5 Å². The van der Waals surface area contributed by atoms with E-state index in [9.17, 15) is 0 Å². The molecule has 3 aromatic rings. The number of likely N-dealkylation sites (tertiary alicyclic amines) is 1. The van der Waals surface area contributed by atoms with Gasteiger partial charge in [-0.15, -0.1) is 0 Å². The quantitative estimate of drug-likeness (QED) is 0.717. The second-order valence-corrected chi connectivity index (χ2v) is 6.92. The molecule has 0 bridgehead atoms. The largest absolute Gasteiger partial charge is 0.441 e. The van der Waals surface area contributed by atoms with Gasteiger partial charge in [-0.2, -0.15) is 5.26 Å². The lowest BCUT2D eigenvalue weighted by atomic mass is 10.0. The zero-order valence-electron chi connectivity index (χ0n) is 14.4. The van der Waals surface area contributed by atoms with Gasteiger partial charge in [-0.1, -0.05) is 25.1 Å². The maximum absolute atomic E-state index is 8.91. The highest BCUT2D eigenvalue weighted by Gasteiger charge is 2.18. The summed E-state index contributed by atoms with van der Waals surface area (Å²) in [6.07, 6.45) is 2.15. The molecule has 1 aromatic heterocycles. The van der Waals surface area contributed by atoms with Crippen LogP contribution in [0.4, 0.5) is 0 Å². The average Bonchev–Trinajstić information content (AvgIpc) is 3.24. The first-order chi connectivity index (χ1) is 12.2. The number of hydrogen-bond acceptors (Lipinski definition) is 4. The molecule has 2 heterocycles. The van der Waals surface area contributed by atoms with Crippen LogP contribution in [0.2, 0.25) is 0 Å². The van der Waals surface area contributed by atoms with Crippen LogP contribution in [-0.4, -0.2) is 29.5 Å². The molecule has 0 N–H and O–H groups in total. The van der Waals surface area contributed by atoms with Crippen LogP contribution in [0.1, 0.15) is 24.8 Å². The van der Waals surface area contributed by atoms with E-state index < -0.39 is 0 Å². The maximum atomic E-state index is 8.91. The molecular weight excluding hydrogens is 310 g/mol. The predicted molar refractivity (Wildman–Crippen MR) is 98.1 cm³/mol. The predicted octanol–water partition coefficient (Wildman–Crippen LogP) is 4.25. The Labute approximate surface area is 147 Å². The molecule has 1 unspecified atom stereocenters. The molecule has 0 radical (unpaired) electrons. The van der Waals surface area contributed by atoms with E-state index in [2.05, 4.69) is 28.9 Å². The average molecular weight is 331 g/mol. The molecule has 1 atom stereocenters. The zero-order valence-corrected chi connectivity index (χ0v) is 14.4. The van der Waals surface area contributed by atoms with E-state index in [0.29, 0.717) is 5.56 Å². The fourth-order valence-electron chi connectivity index (χ4n) is 3.48. The lowest BCUT2D eigenvalue weighted by Crippen LogP contribution is -2.23. The van der Waals surface area contributed by atoms with Gasteiger partial charge in [0.1, 0.15) is 5.52 Å². The SMILES string of the molecule is CC1CCN(CCc2nc3cc(-c4ccc(C#N)cc4)ccc3o2)C1. The maximum Gasteiger partial charge on any atom is 0.196 e. The molecule has 1 saturated heterocycles. The van der Waals surface area contributed by atoms with E-state index in [1.54, 1.807) is 0 Å². The third-order valence-electron chi connectivity index (χ3n) is 4.93. The van der Waals surface area contributed by atoms with Crippen LogP contribution in [-0.2, 0) is 6.42 Å². The highest BCUT2D eigenvalue weighted by molar-refractivity contribution is 5.80. The van der Waals surface area contributed by atoms with Crippen LogP contribution in [0.15, 0.2) is 46.9 Å². The van der Waals surface area contributed by atoms with Crippen LogP contribution in [0.3, 0.4) is 0 Å². The third kappa shape index (κ3) is 3.42. The van der Waals surface area contributed by atoms with E-state index in [0.717, 1.165) is 47.0 Å². The van der Waals surface area contributed by atoms with Crippen molar-refractivity contribution in [3.05, 3.63) is 53.9 Å². The Morgan fingerprint density at radius 2 is 2.00 bits per heavy atom. The highest BCUT2D eigenvalue weighted by atomic mass is 16.3. The second-order valence-electron chi connectivity index (χ2n) is 6.92. The minimum Gasteiger partial charge on any atom is -0.441 e. The summed E-state index contributed by atoms with van der Waals surface area (Å²) in [6, 6.07) is 15.8. The van der Waals surface area contributed by atoms with Crippen molar-refractivity contribution in [2.45, 2.75) is 19.8 Å². The smallest absolute Gasteiger partial charge is 0.196 e. The number of oxazole rings is 1. The van der Waals surface area contributed by atoms with Crippen molar-refractivity contribution in [3.63, 3.8) is 0 Å². The standard InChI is InChI=1S/C21H21N3O/c1-15-8-10-24(14-15)11-9-21-23-19-12-18(6-7-20(19)25-21)17-4-2-16(13-22)3-5-17/h2-7,12,15H,8-11,14H2,1H3. The normalized spacial score (nSPS) is 17.8. The van der Waals surface area contributed by atoms with Crippen LogP contribution < -0.4 is 0 Å². The first kappa shape index (κ1) is 15.9. The Bertz CT molecular complexity index is 920. The topological polar surface area (TPSA) is 53.1 Å². The summed E-state index contributed by atoms with van der Waals surface area (Å²) in [5.41, 5.74) is 4.57. The molecule has 1 aliphatic heterocycles. The number of fused-ring (bicyclic) bond motifs is 1. The van der Waals surface area contributed by atoms with E-state index in [1.807, 2.05) is 36.4 Å². The summed E-state index contributed by atoms with van der Waals surface area (Å²) in [5, 5.41) is 8.91. The molecule has 4 heteroatoms. The van der Waals surface area contributed by atoms with Crippen molar-refractivity contribution in [1.29, 1.82) is 5.26 Å². The van der Waals surface area contributed by atoms with Gasteiger partial charge in [0, 0.05) is 19.5 Å². The summed E-state index contributed by atoms with van der Waals surface area (Å²) in [4.78, 5) is 7.15. The Hall–Kier alpha value is -2.64. The number of nitriles is 1. The van der Waals surface area contributed by atoms with Gasteiger partial charge in [-0.3, -0.25) is 0 Å². The molecule has 1 fully saturated rings. The minimum atomic E-state index is 0.671. The summed E-state index contributed by atoms with van der Waals surface area (Å²) in [6.45, 7) is 5.69. The first-order valence-electron chi connectivity index (χ1n) is 8.83. The number of hydrogen-bond donors (Lipinski definition) is 0. The van der Waals surface area contributed by atoms with Gasteiger partial charge >= 0.3 is 0 Å². The van der Waals surface area contributed by atoms with Gasteiger partial charge in [0.25, 0.3) is 0 Å². The molecule has 0 spiro atoms. The summed E-state index contributed by atoms with van der Waals surface area (Å²) < 4.78 is 5.90. The summed E-state index contributed by atoms with van der Waals surface area (Å²) >= 11 is 0. The molecule has 4 nitrogen and oxygen atoms in total.